The first-order valence-corrected chi connectivity index (χ1v) is 8.41. The first kappa shape index (κ1) is 16.0. The molecule has 112 valence electrons. The van der Waals surface area contributed by atoms with Gasteiger partial charge < -0.3 is 0 Å². The number of aryl methyl sites for hydroxylation is 2. The van der Waals surface area contributed by atoms with Gasteiger partial charge in [0, 0.05) is 13.6 Å². The lowest BCUT2D eigenvalue weighted by molar-refractivity contribution is 0.466. The Bertz CT molecular complexity index is 757. The summed E-state index contributed by atoms with van der Waals surface area (Å²) in [5.74, 6) is 0. The molecule has 0 aromatic heterocycles. The summed E-state index contributed by atoms with van der Waals surface area (Å²) in [6, 6.07) is 12.7. The van der Waals surface area contributed by atoms with Crippen molar-refractivity contribution in [3.8, 4) is 0 Å². The molecule has 0 saturated heterocycles. The van der Waals surface area contributed by atoms with Crippen LogP contribution in [-0.4, -0.2) is 19.8 Å². The molecule has 5 heteroatoms. The van der Waals surface area contributed by atoms with Gasteiger partial charge >= 0.3 is 0 Å². The maximum Gasteiger partial charge on any atom is 0.244 e. The Labute approximate surface area is 131 Å². The largest absolute Gasteiger partial charge is 0.244 e. The number of hydrogen-bond acceptors (Lipinski definition) is 2. The van der Waals surface area contributed by atoms with E-state index in [0.29, 0.717) is 6.54 Å². The van der Waals surface area contributed by atoms with Gasteiger partial charge in [0.2, 0.25) is 10.0 Å². The second-order valence-corrected chi connectivity index (χ2v) is 7.54. The Morgan fingerprint density at radius 2 is 1.76 bits per heavy atom. The Kier molecular flexibility index (Phi) is 4.71. The van der Waals surface area contributed by atoms with Crippen LogP contribution in [0.2, 0.25) is 5.02 Å². The normalized spacial score (nSPS) is 11.9. The van der Waals surface area contributed by atoms with Crippen molar-refractivity contribution in [3.05, 3.63) is 64.2 Å². The summed E-state index contributed by atoms with van der Waals surface area (Å²) < 4.78 is 26.6. The molecule has 21 heavy (non-hydrogen) atoms. The van der Waals surface area contributed by atoms with Gasteiger partial charge in [-0.1, -0.05) is 41.9 Å². The van der Waals surface area contributed by atoms with E-state index in [4.69, 9.17) is 11.6 Å². The molecule has 0 atom stereocenters. The topological polar surface area (TPSA) is 37.4 Å². The third-order valence-electron chi connectivity index (χ3n) is 3.43. The smallest absolute Gasteiger partial charge is 0.207 e. The molecule has 0 aliphatic heterocycles. The minimum Gasteiger partial charge on any atom is -0.207 e. The second kappa shape index (κ2) is 6.18. The minimum absolute atomic E-state index is 0.144. The maximum absolute atomic E-state index is 12.6. The standard InChI is InChI=1S/C16H18ClNO2S/c1-12-8-9-16(15(17)10-12)21(19,20)18(3)11-14-7-5-4-6-13(14)2/h4-10H,11H2,1-3H3. The fourth-order valence-corrected chi connectivity index (χ4v) is 3.81. The first-order chi connectivity index (χ1) is 9.82. The highest BCUT2D eigenvalue weighted by Crippen LogP contribution is 2.26. The van der Waals surface area contributed by atoms with Crippen LogP contribution in [-0.2, 0) is 16.6 Å². The van der Waals surface area contributed by atoms with E-state index in [1.807, 2.05) is 38.1 Å². The predicted octanol–water partition coefficient (Wildman–Crippen LogP) is 3.78. The van der Waals surface area contributed by atoms with Crippen LogP contribution in [0.5, 0.6) is 0 Å². The molecule has 0 N–H and O–H groups in total. The zero-order chi connectivity index (χ0) is 15.6. The summed E-state index contributed by atoms with van der Waals surface area (Å²) in [7, 11) is -2.03. The van der Waals surface area contributed by atoms with Crippen molar-refractivity contribution >= 4 is 21.6 Å². The average Bonchev–Trinajstić information content (AvgIpc) is 2.40. The summed E-state index contributed by atoms with van der Waals surface area (Å²) in [5.41, 5.74) is 2.97. The second-order valence-electron chi connectivity index (χ2n) is 5.12. The van der Waals surface area contributed by atoms with Crippen molar-refractivity contribution in [2.45, 2.75) is 25.3 Å². The quantitative estimate of drug-likeness (QED) is 0.858. The number of rotatable bonds is 4. The van der Waals surface area contributed by atoms with Crippen LogP contribution in [0.15, 0.2) is 47.4 Å². The molecule has 0 unspecified atom stereocenters. The van der Waals surface area contributed by atoms with Crippen LogP contribution < -0.4 is 0 Å². The van der Waals surface area contributed by atoms with Crippen molar-refractivity contribution in [1.82, 2.24) is 4.31 Å². The van der Waals surface area contributed by atoms with E-state index in [9.17, 15) is 8.42 Å². The Hall–Kier alpha value is -1.36. The maximum atomic E-state index is 12.6. The molecule has 2 aromatic carbocycles. The predicted molar refractivity (Wildman–Crippen MR) is 86.0 cm³/mol. The molecule has 0 saturated carbocycles. The average molecular weight is 324 g/mol. The van der Waals surface area contributed by atoms with Gasteiger partial charge in [-0.25, -0.2) is 8.42 Å². The molecule has 2 rings (SSSR count). The number of benzene rings is 2. The summed E-state index contributed by atoms with van der Waals surface area (Å²) in [4.78, 5) is 0.144. The zero-order valence-corrected chi connectivity index (χ0v) is 13.9. The highest BCUT2D eigenvalue weighted by atomic mass is 35.5. The molecule has 0 heterocycles. The van der Waals surface area contributed by atoms with Crippen molar-refractivity contribution in [1.29, 1.82) is 0 Å². The third-order valence-corrected chi connectivity index (χ3v) is 5.72. The number of hydrogen-bond donors (Lipinski definition) is 0. The minimum atomic E-state index is -3.60. The number of halogens is 1. The van der Waals surface area contributed by atoms with Crippen LogP contribution in [0.25, 0.3) is 0 Å². The lowest BCUT2D eigenvalue weighted by Gasteiger charge is -2.19. The fourth-order valence-electron chi connectivity index (χ4n) is 2.10. The molecule has 0 aliphatic carbocycles. The van der Waals surface area contributed by atoms with Gasteiger partial charge in [-0.3, -0.25) is 0 Å². The summed E-state index contributed by atoms with van der Waals surface area (Å²) in [5, 5.41) is 0.256. The van der Waals surface area contributed by atoms with E-state index in [2.05, 4.69) is 0 Å². The number of sulfonamides is 1. The molecule has 0 fully saturated rings. The van der Waals surface area contributed by atoms with E-state index >= 15 is 0 Å². The van der Waals surface area contributed by atoms with Gasteiger partial charge in [-0.15, -0.1) is 0 Å². The summed E-state index contributed by atoms with van der Waals surface area (Å²) in [6.45, 7) is 4.16. The Balaban J connectivity index is 2.33. The van der Waals surface area contributed by atoms with E-state index in [-0.39, 0.29) is 9.92 Å². The van der Waals surface area contributed by atoms with Gasteiger partial charge in [0.05, 0.1) is 5.02 Å². The van der Waals surface area contributed by atoms with Crippen LogP contribution >= 0.6 is 11.6 Å². The SMILES string of the molecule is Cc1ccc(S(=O)(=O)N(C)Cc2ccccc2C)c(Cl)c1. The van der Waals surface area contributed by atoms with Crippen LogP contribution in [0, 0.1) is 13.8 Å². The molecule has 0 radical (unpaired) electrons. The Morgan fingerprint density at radius 1 is 1.10 bits per heavy atom. The van der Waals surface area contributed by atoms with Crippen LogP contribution in [0.1, 0.15) is 16.7 Å². The molecule has 0 spiro atoms. The number of nitrogens with zero attached hydrogens (tertiary/aromatic N) is 1. The Morgan fingerprint density at radius 3 is 2.38 bits per heavy atom. The monoisotopic (exact) mass is 323 g/mol. The first-order valence-electron chi connectivity index (χ1n) is 6.59. The highest BCUT2D eigenvalue weighted by Gasteiger charge is 2.23. The molecule has 3 nitrogen and oxygen atoms in total. The van der Waals surface area contributed by atoms with Gasteiger partial charge in [0.25, 0.3) is 0 Å². The van der Waals surface area contributed by atoms with E-state index in [1.54, 1.807) is 25.2 Å². The van der Waals surface area contributed by atoms with Crippen LogP contribution in [0.3, 0.4) is 0 Å². The van der Waals surface area contributed by atoms with E-state index in [1.165, 1.54) is 4.31 Å². The zero-order valence-electron chi connectivity index (χ0n) is 12.3. The van der Waals surface area contributed by atoms with Crippen molar-refractivity contribution in [2.75, 3.05) is 7.05 Å². The van der Waals surface area contributed by atoms with Gasteiger partial charge in [-0.05, 0) is 42.7 Å². The molecular weight excluding hydrogens is 306 g/mol. The van der Waals surface area contributed by atoms with Gasteiger partial charge in [0.1, 0.15) is 4.90 Å². The fraction of sp³-hybridized carbons (Fsp3) is 0.250. The molecule has 0 aliphatic rings. The van der Waals surface area contributed by atoms with Crippen molar-refractivity contribution < 1.29 is 8.42 Å². The lowest BCUT2D eigenvalue weighted by atomic mass is 10.1. The van der Waals surface area contributed by atoms with Gasteiger partial charge in [-0.2, -0.15) is 4.31 Å². The van der Waals surface area contributed by atoms with Crippen molar-refractivity contribution in [2.24, 2.45) is 0 Å². The summed E-state index contributed by atoms with van der Waals surface area (Å²) >= 11 is 6.09. The highest BCUT2D eigenvalue weighted by molar-refractivity contribution is 7.89. The summed E-state index contributed by atoms with van der Waals surface area (Å²) in [6.07, 6.45) is 0. The molecule has 0 amide bonds. The third kappa shape index (κ3) is 3.46. The molecule has 0 bridgehead atoms. The molecular formula is C16H18ClNO2S. The van der Waals surface area contributed by atoms with E-state index < -0.39 is 10.0 Å². The molecule has 2 aromatic rings. The lowest BCUT2D eigenvalue weighted by Crippen LogP contribution is -2.27. The van der Waals surface area contributed by atoms with Crippen LogP contribution in [0.4, 0.5) is 0 Å². The van der Waals surface area contributed by atoms with Gasteiger partial charge in [0.15, 0.2) is 0 Å². The van der Waals surface area contributed by atoms with Crippen molar-refractivity contribution in [3.63, 3.8) is 0 Å². The van der Waals surface area contributed by atoms with E-state index in [0.717, 1.165) is 16.7 Å².